The van der Waals surface area contributed by atoms with Gasteiger partial charge in [-0.3, -0.25) is 9.89 Å². The van der Waals surface area contributed by atoms with Gasteiger partial charge in [-0.1, -0.05) is 13.3 Å². The van der Waals surface area contributed by atoms with Gasteiger partial charge >= 0.3 is 0 Å². The minimum Gasteiger partial charge on any atom is -0.341 e. The molecule has 0 aliphatic carbocycles. The zero-order valence-electron chi connectivity index (χ0n) is 13.8. The van der Waals surface area contributed by atoms with Crippen molar-refractivity contribution in [3.8, 4) is 0 Å². The summed E-state index contributed by atoms with van der Waals surface area (Å²) in [4.78, 5) is 14.2. The van der Waals surface area contributed by atoms with E-state index in [0.717, 1.165) is 31.2 Å². The topological polar surface area (TPSA) is 95.2 Å². The molecule has 1 saturated heterocycles. The van der Waals surface area contributed by atoms with Crippen molar-refractivity contribution in [3.63, 3.8) is 0 Å². The summed E-state index contributed by atoms with van der Waals surface area (Å²) in [5, 5.41) is 6.65. The lowest BCUT2D eigenvalue weighted by molar-refractivity contribution is -0.130. The van der Waals surface area contributed by atoms with E-state index in [1.165, 1.54) is 6.26 Å². The monoisotopic (exact) mass is 342 g/mol. The van der Waals surface area contributed by atoms with Crippen LogP contribution in [-0.4, -0.2) is 54.8 Å². The number of rotatable bonds is 8. The molecule has 0 bridgehead atoms. The van der Waals surface area contributed by atoms with Crippen LogP contribution in [0.25, 0.3) is 0 Å². The van der Waals surface area contributed by atoms with Gasteiger partial charge in [0.1, 0.15) is 0 Å². The predicted octanol–water partition coefficient (Wildman–Crippen LogP) is 0.909. The number of nitrogens with zero attached hydrogens (tertiary/aromatic N) is 2. The maximum Gasteiger partial charge on any atom is 0.222 e. The number of amides is 1. The maximum atomic E-state index is 12.4. The smallest absolute Gasteiger partial charge is 0.222 e. The van der Waals surface area contributed by atoms with E-state index >= 15 is 0 Å². The molecule has 2 heterocycles. The molecule has 1 aliphatic heterocycles. The SMILES string of the molecule is CCC[C@@H]1CN(C(=O)CCCc2cn[nH]c2)C[C@H]1NS(C)(=O)=O. The molecular weight excluding hydrogens is 316 g/mol. The Labute approximate surface area is 137 Å². The first kappa shape index (κ1) is 17.9. The third kappa shape index (κ3) is 5.62. The fourth-order valence-corrected chi connectivity index (χ4v) is 3.98. The highest BCUT2D eigenvalue weighted by molar-refractivity contribution is 7.88. The van der Waals surface area contributed by atoms with Crippen LogP contribution in [0, 0.1) is 5.92 Å². The van der Waals surface area contributed by atoms with Gasteiger partial charge in [-0.2, -0.15) is 5.10 Å². The molecule has 1 aromatic rings. The Hall–Kier alpha value is -1.41. The van der Waals surface area contributed by atoms with E-state index in [1.807, 2.05) is 6.20 Å². The van der Waals surface area contributed by atoms with Crippen molar-refractivity contribution < 1.29 is 13.2 Å². The second-order valence-electron chi connectivity index (χ2n) is 6.30. The molecule has 130 valence electrons. The molecular formula is C15H26N4O3S. The normalized spacial score (nSPS) is 21.7. The number of carbonyl (C=O) groups excluding carboxylic acids is 1. The van der Waals surface area contributed by atoms with Crippen LogP contribution in [0.15, 0.2) is 12.4 Å². The van der Waals surface area contributed by atoms with Crippen LogP contribution in [0.2, 0.25) is 0 Å². The minimum absolute atomic E-state index is 0.104. The maximum absolute atomic E-state index is 12.4. The van der Waals surface area contributed by atoms with Gasteiger partial charge in [0.15, 0.2) is 0 Å². The predicted molar refractivity (Wildman–Crippen MR) is 88.3 cm³/mol. The van der Waals surface area contributed by atoms with E-state index in [9.17, 15) is 13.2 Å². The fraction of sp³-hybridized carbons (Fsp3) is 0.733. The average Bonchev–Trinajstić information content (AvgIpc) is 3.08. The number of aromatic amines is 1. The van der Waals surface area contributed by atoms with Crippen LogP contribution in [-0.2, 0) is 21.2 Å². The molecule has 2 atom stereocenters. The molecule has 1 amide bonds. The van der Waals surface area contributed by atoms with E-state index in [2.05, 4.69) is 21.8 Å². The molecule has 1 fully saturated rings. The van der Waals surface area contributed by atoms with Crippen molar-refractivity contribution >= 4 is 15.9 Å². The number of sulfonamides is 1. The Morgan fingerprint density at radius 1 is 1.48 bits per heavy atom. The molecule has 2 rings (SSSR count). The van der Waals surface area contributed by atoms with Crippen molar-refractivity contribution in [2.45, 2.75) is 45.1 Å². The van der Waals surface area contributed by atoms with Crippen LogP contribution >= 0.6 is 0 Å². The number of H-pyrrole nitrogens is 1. The largest absolute Gasteiger partial charge is 0.341 e. The molecule has 23 heavy (non-hydrogen) atoms. The Balaban J connectivity index is 1.85. The van der Waals surface area contributed by atoms with Gasteiger partial charge < -0.3 is 4.90 Å². The van der Waals surface area contributed by atoms with E-state index in [0.29, 0.717) is 19.5 Å². The van der Waals surface area contributed by atoms with Crippen LogP contribution in [0.3, 0.4) is 0 Å². The number of likely N-dealkylation sites (tertiary alicyclic amines) is 1. The van der Waals surface area contributed by atoms with Gasteiger partial charge in [0.25, 0.3) is 0 Å². The van der Waals surface area contributed by atoms with Crippen LogP contribution in [0.1, 0.15) is 38.2 Å². The summed E-state index contributed by atoms with van der Waals surface area (Å²) in [7, 11) is -3.25. The molecule has 0 saturated carbocycles. The molecule has 0 spiro atoms. The first-order valence-electron chi connectivity index (χ1n) is 8.11. The minimum atomic E-state index is -3.25. The lowest BCUT2D eigenvalue weighted by Gasteiger charge is -2.17. The third-order valence-electron chi connectivity index (χ3n) is 4.23. The average molecular weight is 342 g/mol. The van der Waals surface area contributed by atoms with E-state index in [4.69, 9.17) is 0 Å². The van der Waals surface area contributed by atoms with Gasteiger partial charge in [-0.15, -0.1) is 0 Å². The van der Waals surface area contributed by atoms with Gasteiger partial charge in [-0.05, 0) is 30.7 Å². The highest BCUT2D eigenvalue weighted by Gasteiger charge is 2.35. The lowest BCUT2D eigenvalue weighted by Crippen LogP contribution is -2.40. The standard InChI is InChI=1S/C15H26N4O3S/c1-3-5-13-10-19(11-14(13)18-23(2,21)22)15(20)7-4-6-12-8-16-17-9-12/h8-9,13-14,18H,3-7,10-11H2,1-2H3,(H,16,17)/t13-,14-/m1/s1. The van der Waals surface area contributed by atoms with E-state index in [1.54, 1.807) is 11.1 Å². The number of aryl methyl sites for hydroxylation is 1. The van der Waals surface area contributed by atoms with Crippen LogP contribution in [0.5, 0.6) is 0 Å². The lowest BCUT2D eigenvalue weighted by atomic mass is 9.99. The van der Waals surface area contributed by atoms with Crippen molar-refractivity contribution in [3.05, 3.63) is 18.0 Å². The molecule has 0 radical (unpaired) electrons. The highest BCUT2D eigenvalue weighted by Crippen LogP contribution is 2.23. The third-order valence-corrected chi connectivity index (χ3v) is 4.96. The summed E-state index contributed by atoms with van der Waals surface area (Å²) in [6.07, 6.45) is 8.76. The van der Waals surface area contributed by atoms with Crippen molar-refractivity contribution in [1.82, 2.24) is 19.8 Å². The summed E-state index contributed by atoms with van der Waals surface area (Å²) in [6.45, 7) is 3.20. The fourth-order valence-electron chi connectivity index (χ4n) is 3.16. The van der Waals surface area contributed by atoms with Gasteiger partial charge in [0.2, 0.25) is 15.9 Å². The van der Waals surface area contributed by atoms with E-state index < -0.39 is 10.0 Å². The number of hydrogen-bond donors (Lipinski definition) is 2. The van der Waals surface area contributed by atoms with Crippen LogP contribution in [0.4, 0.5) is 0 Å². The highest BCUT2D eigenvalue weighted by atomic mass is 32.2. The molecule has 1 aromatic heterocycles. The first-order valence-corrected chi connectivity index (χ1v) is 10.0. The molecule has 0 aromatic carbocycles. The molecule has 2 N–H and O–H groups in total. The number of carbonyl (C=O) groups is 1. The second-order valence-corrected chi connectivity index (χ2v) is 8.08. The Bertz CT molecular complexity index is 600. The zero-order valence-corrected chi connectivity index (χ0v) is 14.6. The Morgan fingerprint density at radius 3 is 2.87 bits per heavy atom. The molecule has 0 unspecified atom stereocenters. The molecule has 1 aliphatic rings. The summed E-state index contributed by atoms with van der Waals surface area (Å²) < 4.78 is 25.7. The summed E-state index contributed by atoms with van der Waals surface area (Å²) in [5.74, 6) is 0.306. The molecule has 8 heteroatoms. The van der Waals surface area contributed by atoms with Gasteiger partial charge in [0, 0.05) is 31.7 Å². The second kappa shape index (κ2) is 7.92. The Morgan fingerprint density at radius 2 is 2.26 bits per heavy atom. The van der Waals surface area contributed by atoms with Crippen molar-refractivity contribution in [2.75, 3.05) is 19.3 Å². The summed E-state index contributed by atoms with van der Waals surface area (Å²) in [6, 6.07) is -0.164. The van der Waals surface area contributed by atoms with Gasteiger partial charge in [0.05, 0.1) is 12.5 Å². The van der Waals surface area contributed by atoms with Crippen molar-refractivity contribution in [1.29, 1.82) is 0 Å². The molecule has 7 nitrogen and oxygen atoms in total. The Kier molecular flexibility index (Phi) is 6.17. The number of hydrogen-bond acceptors (Lipinski definition) is 4. The quantitative estimate of drug-likeness (QED) is 0.734. The first-order chi connectivity index (χ1) is 10.9. The van der Waals surface area contributed by atoms with E-state index in [-0.39, 0.29) is 17.9 Å². The zero-order chi connectivity index (χ0) is 16.9. The number of aromatic nitrogens is 2. The van der Waals surface area contributed by atoms with Crippen molar-refractivity contribution in [2.24, 2.45) is 5.92 Å². The van der Waals surface area contributed by atoms with Crippen LogP contribution < -0.4 is 4.72 Å². The number of nitrogens with one attached hydrogen (secondary N) is 2. The van der Waals surface area contributed by atoms with Gasteiger partial charge in [-0.25, -0.2) is 13.1 Å². The summed E-state index contributed by atoms with van der Waals surface area (Å²) in [5.41, 5.74) is 1.10. The summed E-state index contributed by atoms with van der Waals surface area (Å²) >= 11 is 0.